The number of rotatable bonds is 22. The maximum absolute atomic E-state index is 13.2. The van der Waals surface area contributed by atoms with Gasteiger partial charge in [0.05, 0.1) is 17.4 Å². The molecule has 2 amide bonds. The second-order valence-electron chi connectivity index (χ2n) is 14.0. The number of nitrogens with zero attached hydrogens (tertiary/aromatic N) is 1. The van der Waals surface area contributed by atoms with Crippen LogP contribution in [0.25, 0.3) is 0 Å². The van der Waals surface area contributed by atoms with Gasteiger partial charge in [0, 0.05) is 44.0 Å². The first-order chi connectivity index (χ1) is 24.1. The van der Waals surface area contributed by atoms with E-state index in [4.69, 9.17) is 5.11 Å². The number of amides is 2. The van der Waals surface area contributed by atoms with Gasteiger partial charge in [0.2, 0.25) is 11.8 Å². The summed E-state index contributed by atoms with van der Waals surface area (Å²) in [4.78, 5) is 64.6. The number of hydrogen-bond donors (Lipinski definition) is 5. The molecule has 6 unspecified atom stereocenters. The van der Waals surface area contributed by atoms with Crippen LogP contribution >= 0.6 is 0 Å². The maximum atomic E-state index is 13.2. The van der Waals surface area contributed by atoms with Gasteiger partial charge in [-0.3, -0.25) is 19.2 Å². The van der Waals surface area contributed by atoms with Crippen LogP contribution in [0, 0.1) is 35.5 Å². The van der Waals surface area contributed by atoms with Crippen molar-refractivity contribution in [1.82, 2.24) is 0 Å². The predicted molar refractivity (Wildman–Crippen MR) is 201 cm³/mol. The van der Waals surface area contributed by atoms with Gasteiger partial charge in [-0.25, -0.2) is 4.79 Å². The van der Waals surface area contributed by atoms with Crippen molar-refractivity contribution in [3.8, 4) is 0 Å². The van der Waals surface area contributed by atoms with E-state index in [1.165, 1.54) is 29.8 Å². The first-order valence-electron chi connectivity index (χ1n) is 17.9. The molecule has 0 bridgehead atoms. The molecular weight excluding hydrogens is 650 g/mol. The summed E-state index contributed by atoms with van der Waals surface area (Å²) in [6.45, 7) is 10.0. The fourth-order valence-electron chi connectivity index (χ4n) is 6.79. The van der Waals surface area contributed by atoms with Crippen LogP contribution in [-0.4, -0.2) is 59.1 Å². The van der Waals surface area contributed by atoms with Crippen LogP contribution in [0.2, 0.25) is 0 Å². The molecule has 0 spiro atoms. The van der Waals surface area contributed by atoms with E-state index in [1.54, 1.807) is 12.1 Å². The third-order valence-corrected chi connectivity index (χ3v) is 10.1. The van der Waals surface area contributed by atoms with E-state index >= 15 is 0 Å². The standard InChI is InChI=1S/C40H57N3O8/c1-8-25(3)11-10-12-26(4)33(35(40(50)51)24-37(45)42-30-18-20-31(21-19-30)43(6)7)22-13-27(5)32(9-2)34(39(48)49)23-36(44)41-29-16-14-28(15-17-29)38(46)47/h11,14-21,26-27,32-35H,8-10,12-13,22-24H2,1-7H3,(H,41,44)(H,42,45)(H,46,47)(H,48,49)(H,50,51)/b25-11-. The third-order valence-electron chi connectivity index (χ3n) is 10.1. The number of allylic oxidation sites excluding steroid dienone is 2. The van der Waals surface area contributed by atoms with Crippen molar-refractivity contribution in [2.45, 2.75) is 86.0 Å². The average Bonchev–Trinajstić information content (AvgIpc) is 3.07. The fourth-order valence-corrected chi connectivity index (χ4v) is 6.79. The smallest absolute Gasteiger partial charge is 0.335 e. The lowest BCUT2D eigenvalue weighted by atomic mass is 9.71. The lowest BCUT2D eigenvalue weighted by molar-refractivity contribution is -0.146. The van der Waals surface area contributed by atoms with Crippen LogP contribution in [0.3, 0.4) is 0 Å². The summed E-state index contributed by atoms with van der Waals surface area (Å²) in [7, 11) is 3.83. The Labute approximate surface area is 302 Å². The predicted octanol–water partition coefficient (Wildman–Crippen LogP) is 8.04. The van der Waals surface area contributed by atoms with Gasteiger partial charge in [-0.2, -0.15) is 0 Å². The van der Waals surface area contributed by atoms with Gasteiger partial charge in [0.15, 0.2) is 0 Å². The second kappa shape index (κ2) is 20.9. The van der Waals surface area contributed by atoms with Crippen molar-refractivity contribution < 1.29 is 39.3 Å². The Balaban J connectivity index is 2.23. The summed E-state index contributed by atoms with van der Waals surface area (Å²) in [5.41, 5.74) is 3.24. The van der Waals surface area contributed by atoms with Crippen molar-refractivity contribution >= 4 is 46.8 Å². The summed E-state index contributed by atoms with van der Waals surface area (Å²) >= 11 is 0. The summed E-state index contributed by atoms with van der Waals surface area (Å²) in [5.74, 6) is -6.94. The van der Waals surface area contributed by atoms with E-state index in [0.29, 0.717) is 30.6 Å². The van der Waals surface area contributed by atoms with Gasteiger partial charge < -0.3 is 30.9 Å². The zero-order valence-electron chi connectivity index (χ0n) is 31.1. The molecule has 0 saturated heterocycles. The Kier molecular flexibility index (Phi) is 17.4. The van der Waals surface area contributed by atoms with Crippen molar-refractivity contribution in [3.05, 3.63) is 65.7 Å². The van der Waals surface area contributed by atoms with Crippen molar-refractivity contribution in [1.29, 1.82) is 0 Å². The summed E-state index contributed by atoms with van der Waals surface area (Å²) in [5, 5.41) is 35.3. The summed E-state index contributed by atoms with van der Waals surface area (Å²) in [6, 6.07) is 12.9. The highest BCUT2D eigenvalue weighted by Crippen LogP contribution is 2.37. The highest BCUT2D eigenvalue weighted by molar-refractivity contribution is 5.94. The number of carbonyl (C=O) groups is 5. The van der Waals surface area contributed by atoms with Crippen LogP contribution in [0.5, 0.6) is 0 Å². The summed E-state index contributed by atoms with van der Waals surface area (Å²) in [6.07, 6.45) is 5.68. The lowest BCUT2D eigenvalue weighted by Gasteiger charge is -2.33. The van der Waals surface area contributed by atoms with Gasteiger partial charge in [-0.1, -0.05) is 52.2 Å². The number of aromatic carboxylic acids is 1. The third kappa shape index (κ3) is 13.9. The van der Waals surface area contributed by atoms with Gasteiger partial charge in [-0.15, -0.1) is 0 Å². The van der Waals surface area contributed by atoms with E-state index in [9.17, 15) is 34.2 Å². The molecule has 0 aliphatic carbocycles. The number of carboxylic acids is 3. The highest BCUT2D eigenvalue weighted by atomic mass is 16.4. The highest BCUT2D eigenvalue weighted by Gasteiger charge is 2.37. The monoisotopic (exact) mass is 707 g/mol. The molecule has 51 heavy (non-hydrogen) atoms. The largest absolute Gasteiger partial charge is 0.481 e. The number of carboxylic acid groups (broad SMARTS) is 3. The van der Waals surface area contributed by atoms with Crippen LogP contribution in [-0.2, 0) is 19.2 Å². The van der Waals surface area contributed by atoms with Crippen LogP contribution in [0.15, 0.2) is 60.2 Å². The lowest BCUT2D eigenvalue weighted by Crippen LogP contribution is -2.34. The Morgan fingerprint density at radius 3 is 1.61 bits per heavy atom. The zero-order chi connectivity index (χ0) is 38.2. The Morgan fingerprint density at radius 1 is 0.706 bits per heavy atom. The fraction of sp³-hybridized carbons (Fsp3) is 0.525. The molecular formula is C40H57N3O8. The summed E-state index contributed by atoms with van der Waals surface area (Å²) < 4.78 is 0. The number of anilines is 3. The Morgan fingerprint density at radius 2 is 1.18 bits per heavy atom. The normalized spacial score (nSPS) is 15.1. The molecule has 11 nitrogen and oxygen atoms in total. The van der Waals surface area contributed by atoms with E-state index in [2.05, 4.69) is 30.6 Å². The van der Waals surface area contributed by atoms with Gasteiger partial charge in [-0.05, 0) is 105 Å². The minimum Gasteiger partial charge on any atom is -0.481 e. The maximum Gasteiger partial charge on any atom is 0.335 e. The quantitative estimate of drug-likeness (QED) is 0.0759. The van der Waals surface area contributed by atoms with Gasteiger partial charge in [0.1, 0.15) is 0 Å². The molecule has 0 heterocycles. The molecule has 0 aliphatic rings. The minimum atomic E-state index is -1.09. The van der Waals surface area contributed by atoms with Gasteiger partial charge in [0.25, 0.3) is 0 Å². The second-order valence-corrected chi connectivity index (χ2v) is 14.0. The Hall–Kier alpha value is -4.67. The van der Waals surface area contributed by atoms with E-state index < -0.39 is 35.7 Å². The minimum absolute atomic E-state index is 0.0278. The zero-order valence-corrected chi connectivity index (χ0v) is 31.1. The molecule has 280 valence electrons. The average molecular weight is 708 g/mol. The van der Waals surface area contributed by atoms with Crippen molar-refractivity contribution in [3.63, 3.8) is 0 Å². The van der Waals surface area contributed by atoms with E-state index in [1.807, 2.05) is 51.9 Å². The molecule has 0 saturated carbocycles. The van der Waals surface area contributed by atoms with Crippen molar-refractivity contribution in [2.75, 3.05) is 29.6 Å². The molecule has 0 radical (unpaired) electrons. The van der Waals surface area contributed by atoms with E-state index in [-0.39, 0.29) is 48.0 Å². The molecule has 5 N–H and O–H groups in total. The number of aliphatic carboxylic acids is 2. The topological polar surface area (TPSA) is 173 Å². The van der Waals surface area contributed by atoms with Crippen LogP contribution in [0.4, 0.5) is 17.1 Å². The van der Waals surface area contributed by atoms with Crippen LogP contribution in [0.1, 0.15) is 96.3 Å². The molecule has 11 heteroatoms. The number of nitrogens with one attached hydrogen (secondary N) is 2. The Bertz CT molecular complexity index is 1490. The molecule has 2 aromatic carbocycles. The van der Waals surface area contributed by atoms with E-state index in [0.717, 1.165) is 24.9 Å². The first kappa shape index (κ1) is 42.5. The number of benzene rings is 2. The molecule has 0 aromatic heterocycles. The molecule has 2 rings (SSSR count). The molecule has 0 fully saturated rings. The van der Waals surface area contributed by atoms with Crippen molar-refractivity contribution in [2.24, 2.45) is 35.5 Å². The SMILES string of the molecule is CC/C(C)=C\CCC(C)C(CCC(C)C(CC)C(CC(=O)Nc1ccc(C(=O)O)cc1)C(=O)O)C(CC(=O)Nc1ccc(N(C)C)cc1)C(=O)O. The molecule has 2 aromatic rings. The molecule has 0 aliphatic heterocycles. The first-order valence-corrected chi connectivity index (χ1v) is 17.9. The number of hydrogen-bond acceptors (Lipinski definition) is 6. The van der Waals surface area contributed by atoms with Gasteiger partial charge >= 0.3 is 17.9 Å². The van der Waals surface area contributed by atoms with Crippen LogP contribution < -0.4 is 15.5 Å². The number of carbonyl (C=O) groups excluding carboxylic acids is 2. The molecule has 6 atom stereocenters.